The molecule has 5 heteroatoms. The predicted molar refractivity (Wildman–Crippen MR) is 78.5 cm³/mol. The molecule has 1 aromatic rings. The highest BCUT2D eigenvalue weighted by atomic mass is 16.3. The van der Waals surface area contributed by atoms with Crippen molar-refractivity contribution in [2.24, 2.45) is 5.92 Å². The van der Waals surface area contributed by atoms with Crippen LogP contribution in [0.15, 0.2) is 24.4 Å². The van der Waals surface area contributed by atoms with Gasteiger partial charge in [-0.2, -0.15) is 0 Å². The molecule has 2 amide bonds. The smallest absolute Gasteiger partial charge is 0.320 e. The van der Waals surface area contributed by atoms with Crippen LogP contribution in [-0.2, 0) is 0 Å². The van der Waals surface area contributed by atoms with Crippen LogP contribution < -0.4 is 10.6 Å². The van der Waals surface area contributed by atoms with Gasteiger partial charge in [-0.1, -0.05) is 25.3 Å². The number of hydrogen-bond acceptors (Lipinski definition) is 3. The second-order valence-corrected chi connectivity index (χ2v) is 5.33. The summed E-state index contributed by atoms with van der Waals surface area (Å²) in [5, 5.41) is 14.9. The molecule has 0 radical (unpaired) electrons. The zero-order valence-corrected chi connectivity index (χ0v) is 11.7. The minimum absolute atomic E-state index is 0.0454. The van der Waals surface area contributed by atoms with Crippen molar-refractivity contribution in [2.75, 3.05) is 11.9 Å². The first-order valence-electron chi connectivity index (χ1n) is 7.39. The first kappa shape index (κ1) is 14.8. The fourth-order valence-corrected chi connectivity index (χ4v) is 2.86. The molecule has 110 valence electrons. The van der Waals surface area contributed by atoms with Crippen molar-refractivity contribution >= 4 is 11.8 Å². The minimum Gasteiger partial charge on any atom is -0.396 e. The zero-order chi connectivity index (χ0) is 14.2. The number of aliphatic hydroxyl groups excluding tert-OH is 1. The van der Waals surface area contributed by atoms with Crippen molar-refractivity contribution in [3.63, 3.8) is 0 Å². The van der Waals surface area contributed by atoms with Gasteiger partial charge in [0, 0.05) is 18.8 Å². The Kier molecular flexibility index (Phi) is 5.80. The van der Waals surface area contributed by atoms with Crippen LogP contribution in [0.3, 0.4) is 0 Å². The van der Waals surface area contributed by atoms with Crippen molar-refractivity contribution in [1.82, 2.24) is 10.3 Å². The quantitative estimate of drug-likeness (QED) is 0.774. The molecule has 1 fully saturated rings. The lowest BCUT2D eigenvalue weighted by Gasteiger charge is -2.30. The Morgan fingerprint density at radius 3 is 2.80 bits per heavy atom. The highest BCUT2D eigenvalue weighted by Crippen LogP contribution is 2.27. The van der Waals surface area contributed by atoms with Crippen LogP contribution >= 0.6 is 0 Å². The molecule has 2 rings (SSSR count). The lowest BCUT2D eigenvalue weighted by atomic mass is 9.83. The summed E-state index contributed by atoms with van der Waals surface area (Å²) in [5.74, 6) is 1.02. The number of amides is 2. The van der Waals surface area contributed by atoms with E-state index >= 15 is 0 Å². The third kappa shape index (κ3) is 4.49. The molecule has 0 aliphatic heterocycles. The first-order valence-corrected chi connectivity index (χ1v) is 7.39. The molecular weight excluding hydrogens is 254 g/mol. The van der Waals surface area contributed by atoms with Gasteiger partial charge >= 0.3 is 6.03 Å². The number of hydrogen-bond donors (Lipinski definition) is 3. The molecule has 1 aromatic heterocycles. The standard InChI is InChI=1S/C15H23N3O2/c19-11-9-13(12-6-2-1-3-7-12)17-15(20)18-14-8-4-5-10-16-14/h4-5,8,10,12-13,19H,1-3,6-7,9,11H2,(H2,16,17,18,20)/t13-/m1/s1. The van der Waals surface area contributed by atoms with Gasteiger partial charge in [-0.05, 0) is 37.3 Å². The summed E-state index contributed by atoms with van der Waals surface area (Å²) in [5.41, 5.74) is 0. The summed E-state index contributed by atoms with van der Waals surface area (Å²) in [6, 6.07) is 5.19. The van der Waals surface area contributed by atoms with Gasteiger partial charge in [-0.25, -0.2) is 9.78 Å². The van der Waals surface area contributed by atoms with Crippen molar-refractivity contribution in [3.8, 4) is 0 Å². The van der Waals surface area contributed by atoms with E-state index < -0.39 is 0 Å². The summed E-state index contributed by atoms with van der Waals surface area (Å²) < 4.78 is 0. The van der Waals surface area contributed by atoms with Crippen molar-refractivity contribution < 1.29 is 9.90 Å². The average Bonchev–Trinajstić information content (AvgIpc) is 2.49. The number of carbonyl (C=O) groups excluding carboxylic acids is 1. The van der Waals surface area contributed by atoms with Crippen molar-refractivity contribution in [1.29, 1.82) is 0 Å². The number of nitrogens with one attached hydrogen (secondary N) is 2. The van der Waals surface area contributed by atoms with Gasteiger partial charge in [-0.3, -0.25) is 5.32 Å². The molecule has 1 aliphatic rings. The maximum absolute atomic E-state index is 12.0. The minimum atomic E-state index is -0.243. The number of urea groups is 1. The molecule has 3 N–H and O–H groups in total. The Balaban J connectivity index is 1.88. The topological polar surface area (TPSA) is 74.2 Å². The van der Waals surface area contributed by atoms with Crippen LogP contribution in [0.4, 0.5) is 10.6 Å². The van der Waals surface area contributed by atoms with E-state index in [1.807, 2.05) is 6.07 Å². The maximum atomic E-state index is 12.0. The van der Waals surface area contributed by atoms with Gasteiger partial charge in [0.2, 0.25) is 0 Å². The highest BCUT2D eigenvalue weighted by molar-refractivity contribution is 5.88. The molecule has 5 nitrogen and oxygen atoms in total. The van der Waals surface area contributed by atoms with Gasteiger partial charge in [0.25, 0.3) is 0 Å². The summed E-state index contributed by atoms with van der Waals surface area (Å²) in [6.45, 7) is 0.102. The number of rotatable bonds is 5. The Bertz CT molecular complexity index is 405. The van der Waals surface area contributed by atoms with Gasteiger partial charge in [-0.15, -0.1) is 0 Å². The van der Waals surface area contributed by atoms with E-state index in [1.165, 1.54) is 19.3 Å². The Labute approximate surface area is 119 Å². The largest absolute Gasteiger partial charge is 0.396 e. The van der Waals surface area contributed by atoms with Crippen LogP contribution in [0.5, 0.6) is 0 Å². The Morgan fingerprint density at radius 2 is 2.15 bits per heavy atom. The molecule has 0 aromatic carbocycles. The molecule has 0 unspecified atom stereocenters. The van der Waals surface area contributed by atoms with Gasteiger partial charge in [0.05, 0.1) is 0 Å². The number of anilines is 1. The van der Waals surface area contributed by atoms with Crippen LogP contribution in [0, 0.1) is 5.92 Å². The van der Waals surface area contributed by atoms with Gasteiger partial charge in [0.15, 0.2) is 0 Å². The van der Waals surface area contributed by atoms with E-state index in [0.29, 0.717) is 18.2 Å². The highest BCUT2D eigenvalue weighted by Gasteiger charge is 2.24. The monoisotopic (exact) mass is 277 g/mol. The maximum Gasteiger partial charge on any atom is 0.320 e. The summed E-state index contributed by atoms with van der Waals surface area (Å²) >= 11 is 0. The number of carbonyl (C=O) groups is 1. The van der Waals surface area contributed by atoms with Crippen LogP contribution in [0.2, 0.25) is 0 Å². The summed E-state index contributed by atoms with van der Waals surface area (Å²) in [7, 11) is 0. The molecule has 0 saturated heterocycles. The molecule has 1 heterocycles. The number of pyridine rings is 1. The number of aliphatic hydroxyl groups is 1. The first-order chi connectivity index (χ1) is 9.79. The summed E-state index contributed by atoms with van der Waals surface area (Å²) in [6.07, 6.45) is 8.24. The Morgan fingerprint density at radius 1 is 1.35 bits per heavy atom. The van der Waals surface area contributed by atoms with Gasteiger partial charge < -0.3 is 10.4 Å². The van der Waals surface area contributed by atoms with E-state index in [2.05, 4.69) is 15.6 Å². The van der Waals surface area contributed by atoms with Crippen LogP contribution in [0.1, 0.15) is 38.5 Å². The van der Waals surface area contributed by atoms with Gasteiger partial charge in [0.1, 0.15) is 5.82 Å². The van der Waals surface area contributed by atoms with E-state index in [4.69, 9.17) is 0 Å². The lowest BCUT2D eigenvalue weighted by molar-refractivity contribution is 0.202. The third-order valence-electron chi connectivity index (χ3n) is 3.88. The molecule has 1 atom stereocenters. The van der Waals surface area contributed by atoms with E-state index in [9.17, 15) is 9.90 Å². The predicted octanol–water partition coefficient (Wildman–Crippen LogP) is 2.53. The molecule has 20 heavy (non-hydrogen) atoms. The summed E-state index contributed by atoms with van der Waals surface area (Å²) in [4.78, 5) is 16.1. The molecule has 1 aliphatic carbocycles. The average molecular weight is 277 g/mol. The van der Waals surface area contributed by atoms with Crippen molar-refractivity contribution in [2.45, 2.75) is 44.6 Å². The number of nitrogens with zero attached hydrogens (tertiary/aromatic N) is 1. The fraction of sp³-hybridized carbons (Fsp3) is 0.600. The van der Waals surface area contributed by atoms with Crippen LogP contribution in [-0.4, -0.2) is 28.8 Å². The number of aromatic nitrogens is 1. The third-order valence-corrected chi connectivity index (χ3v) is 3.88. The van der Waals surface area contributed by atoms with E-state index in [0.717, 1.165) is 12.8 Å². The van der Waals surface area contributed by atoms with Crippen molar-refractivity contribution in [3.05, 3.63) is 24.4 Å². The fourth-order valence-electron chi connectivity index (χ4n) is 2.86. The SMILES string of the molecule is O=C(Nc1ccccn1)N[C@H](CCO)C1CCCCC1. The van der Waals surface area contributed by atoms with E-state index in [1.54, 1.807) is 18.3 Å². The zero-order valence-electron chi connectivity index (χ0n) is 11.7. The molecule has 0 bridgehead atoms. The van der Waals surface area contributed by atoms with Crippen LogP contribution in [0.25, 0.3) is 0 Å². The van der Waals surface area contributed by atoms with E-state index in [-0.39, 0.29) is 18.7 Å². The lowest BCUT2D eigenvalue weighted by Crippen LogP contribution is -2.43. The normalized spacial score (nSPS) is 17.4. The molecular formula is C15H23N3O2. The molecule has 1 saturated carbocycles. The second-order valence-electron chi connectivity index (χ2n) is 5.33. The molecule has 0 spiro atoms. The Hall–Kier alpha value is -1.62. The second kappa shape index (κ2) is 7.85.